The van der Waals surface area contributed by atoms with Crippen molar-refractivity contribution in [1.82, 2.24) is 9.61 Å². The average molecular weight is 188 g/mol. The number of hydrogen-bond donors (Lipinski definition) is 2. The molecule has 0 saturated carbocycles. The summed E-state index contributed by atoms with van der Waals surface area (Å²) in [7, 11) is 0. The Labute approximate surface area is 81.9 Å². The molecule has 2 aromatic heterocycles. The lowest BCUT2D eigenvalue weighted by Crippen LogP contribution is -2.15. The fourth-order valence-corrected chi connectivity index (χ4v) is 1.53. The van der Waals surface area contributed by atoms with Gasteiger partial charge in [-0.3, -0.25) is 5.41 Å². The van der Waals surface area contributed by atoms with Gasteiger partial charge in [0, 0.05) is 6.42 Å². The highest BCUT2D eigenvalue weighted by molar-refractivity contribution is 5.79. The fourth-order valence-electron chi connectivity index (χ4n) is 1.53. The maximum Gasteiger partial charge on any atom is 0.0966 e. The van der Waals surface area contributed by atoms with Gasteiger partial charge in [0.15, 0.2) is 0 Å². The van der Waals surface area contributed by atoms with E-state index in [4.69, 9.17) is 11.1 Å². The molecular formula is C10H12N4. The molecule has 3 N–H and O–H groups in total. The first-order valence-corrected chi connectivity index (χ1v) is 4.44. The summed E-state index contributed by atoms with van der Waals surface area (Å²) in [5.74, 6) is 0.158. The number of aryl methyl sites for hydroxylation is 1. The van der Waals surface area contributed by atoms with Gasteiger partial charge >= 0.3 is 0 Å². The summed E-state index contributed by atoms with van der Waals surface area (Å²) >= 11 is 0. The molecule has 0 fully saturated rings. The van der Waals surface area contributed by atoms with Crippen LogP contribution in [-0.4, -0.2) is 15.4 Å². The van der Waals surface area contributed by atoms with E-state index in [9.17, 15) is 0 Å². The number of amidine groups is 1. The van der Waals surface area contributed by atoms with Crippen LogP contribution in [0.1, 0.15) is 11.4 Å². The van der Waals surface area contributed by atoms with Crippen LogP contribution in [0.5, 0.6) is 0 Å². The summed E-state index contributed by atoms with van der Waals surface area (Å²) in [6.07, 6.45) is 0.443. The van der Waals surface area contributed by atoms with Crippen LogP contribution in [0.3, 0.4) is 0 Å². The SMILES string of the molecule is Cc1cc2cccc(CC(=N)N)n2n1. The standard InChI is InChI=1S/C10H12N4/c1-7-5-8-3-2-4-9(6-10(11)12)14(8)13-7/h2-5H,6H2,1H3,(H3,11,12). The van der Waals surface area contributed by atoms with Crippen molar-refractivity contribution in [3.8, 4) is 0 Å². The minimum absolute atomic E-state index is 0.158. The van der Waals surface area contributed by atoms with Gasteiger partial charge in [-0.2, -0.15) is 5.10 Å². The Hall–Kier alpha value is -1.84. The molecule has 0 aliphatic rings. The third-order valence-electron chi connectivity index (χ3n) is 2.06. The Morgan fingerprint density at radius 3 is 3.07 bits per heavy atom. The third-order valence-corrected chi connectivity index (χ3v) is 2.06. The summed E-state index contributed by atoms with van der Waals surface area (Å²) in [6, 6.07) is 7.88. The van der Waals surface area contributed by atoms with Gasteiger partial charge in [-0.25, -0.2) is 4.52 Å². The lowest BCUT2D eigenvalue weighted by atomic mass is 10.2. The van der Waals surface area contributed by atoms with Gasteiger partial charge in [0.05, 0.1) is 22.7 Å². The molecule has 0 saturated heterocycles. The van der Waals surface area contributed by atoms with Crippen molar-refractivity contribution < 1.29 is 0 Å². The van der Waals surface area contributed by atoms with Crippen LogP contribution in [-0.2, 0) is 6.42 Å². The number of pyridine rings is 1. The largest absolute Gasteiger partial charge is 0.387 e. The lowest BCUT2D eigenvalue weighted by Gasteiger charge is -2.02. The maximum absolute atomic E-state index is 7.25. The van der Waals surface area contributed by atoms with Crippen LogP contribution in [0.15, 0.2) is 24.3 Å². The molecule has 0 unspecified atom stereocenters. The van der Waals surface area contributed by atoms with Gasteiger partial charge in [0.25, 0.3) is 0 Å². The number of rotatable bonds is 2. The predicted octanol–water partition coefficient (Wildman–Crippen LogP) is 1.12. The van der Waals surface area contributed by atoms with Crippen molar-refractivity contribution in [2.24, 2.45) is 5.73 Å². The van der Waals surface area contributed by atoms with Crippen LogP contribution in [0, 0.1) is 12.3 Å². The molecule has 0 spiro atoms. The number of fused-ring (bicyclic) bond motifs is 1. The zero-order chi connectivity index (χ0) is 10.1. The molecule has 0 aliphatic carbocycles. The van der Waals surface area contributed by atoms with Crippen LogP contribution in [0.4, 0.5) is 0 Å². The first-order chi connectivity index (χ1) is 6.66. The predicted molar refractivity (Wildman–Crippen MR) is 55.5 cm³/mol. The Kier molecular flexibility index (Phi) is 1.96. The molecule has 0 aromatic carbocycles. The molecule has 0 bridgehead atoms. The van der Waals surface area contributed by atoms with Gasteiger partial charge in [-0.1, -0.05) is 6.07 Å². The first-order valence-electron chi connectivity index (χ1n) is 4.44. The second-order valence-electron chi connectivity index (χ2n) is 3.34. The van der Waals surface area contributed by atoms with E-state index in [2.05, 4.69) is 5.10 Å². The number of hydrogen-bond acceptors (Lipinski definition) is 2. The van der Waals surface area contributed by atoms with Crippen molar-refractivity contribution in [3.63, 3.8) is 0 Å². The van der Waals surface area contributed by atoms with E-state index < -0.39 is 0 Å². The molecule has 2 heterocycles. The second kappa shape index (κ2) is 3.14. The highest BCUT2D eigenvalue weighted by Crippen LogP contribution is 2.09. The summed E-state index contributed by atoms with van der Waals surface area (Å²) in [5, 5.41) is 11.6. The van der Waals surface area contributed by atoms with Gasteiger partial charge in [0.2, 0.25) is 0 Å². The molecule has 72 valence electrons. The van der Waals surface area contributed by atoms with Gasteiger partial charge in [-0.15, -0.1) is 0 Å². The highest BCUT2D eigenvalue weighted by Gasteiger charge is 2.03. The molecular weight excluding hydrogens is 176 g/mol. The molecule has 4 heteroatoms. The van der Waals surface area contributed by atoms with Crippen LogP contribution < -0.4 is 5.73 Å². The molecule has 0 atom stereocenters. The minimum Gasteiger partial charge on any atom is -0.387 e. The van der Waals surface area contributed by atoms with Crippen LogP contribution in [0.25, 0.3) is 5.52 Å². The fraction of sp³-hybridized carbons (Fsp3) is 0.200. The Bertz CT molecular complexity index is 484. The Balaban J connectivity index is 2.58. The highest BCUT2D eigenvalue weighted by atomic mass is 15.2. The normalized spacial score (nSPS) is 10.6. The van der Waals surface area contributed by atoms with Crippen molar-refractivity contribution in [2.45, 2.75) is 13.3 Å². The van der Waals surface area contributed by atoms with E-state index in [0.29, 0.717) is 6.42 Å². The van der Waals surface area contributed by atoms with E-state index in [0.717, 1.165) is 16.9 Å². The lowest BCUT2D eigenvalue weighted by molar-refractivity contribution is 0.876. The van der Waals surface area contributed by atoms with Crippen molar-refractivity contribution in [3.05, 3.63) is 35.7 Å². The topological polar surface area (TPSA) is 67.2 Å². The number of aromatic nitrogens is 2. The first kappa shape index (κ1) is 8.74. The van der Waals surface area contributed by atoms with Gasteiger partial charge in [-0.05, 0) is 25.1 Å². The second-order valence-corrected chi connectivity index (χ2v) is 3.34. The summed E-state index contributed by atoms with van der Waals surface area (Å²) in [6.45, 7) is 1.95. The van der Waals surface area contributed by atoms with Crippen molar-refractivity contribution >= 4 is 11.4 Å². The zero-order valence-electron chi connectivity index (χ0n) is 7.99. The van der Waals surface area contributed by atoms with E-state index in [1.807, 2.05) is 35.7 Å². The smallest absolute Gasteiger partial charge is 0.0966 e. The molecule has 2 aromatic rings. The van der Waals surface area contributed by atoms with E-state index in [1.165, 1.54) is 0 Å². The summed E-state index contributed by atoms with van der Waals surface area (Å²) < 4.78 is 1.83. The summed E-state index contributed by atoms with van der Waals surface area (Å²) in [4.78, 5) is 0. The van der Waals surface area contributed by atoms with E-state index in [-0.39, 0.29) is 5.84 Å². The maximum atomic E-state index is 7.25. The molecule has 2 rings (SSSR count). The summed E-state index contributed by atoms with van der Waals surface area (Å²) in [5.41, 5.74) is 8.33. The molecule has 4 nitrogen and oxygen atoms in total. The van der Waals surface area contributed by atoms with Gasteiger partial charge < -0.3 is 5.73 Å². The van der Waals surface area contributed by atoms with Gasteiger partial charge in [0.1, 0.15) is 0 Å². The third kappa shape index (κ3) is 1.46. The van der Waals surface area contributed by atoms with Crippen LogP contribution >= 0.6 is 0 Å². The van der Waals surface area contributed by atoms with Crippen LogP contribution in [0.2, 0.25) is 0 Å². The van der Waals surface area contributed by atoms with E-state index >= 15 is 0 Å². The Morgan fingerprint density at radius 2 is 2.36 bits per heavy atom. The number of nitrogens with one attached hydrogen (secondary N) is 1. The van der Waals surface area contributed by atoms with E-state index in [1.54, 1.807) is 0 Å². The molecule has 14 heavy (non-hydrogen) atoms. The molecule has 0 amide bonds. The number of nitrogens with zero attached hydrogens (tertiary/aromatic N) is 2. The van der Waals surface area contributed by atoms with Crippen molar-refractivity contribution in [1.29, 1.82) is 5.41 Å². The van der Waals surface area contributed by atoms with Crippen molar-refractivity contribution in [2.75, 3.05) is 0 Å². The zero-order valence-corrected chi connectivity index (χ0v) is 7.99. The quantitative estimate of drug-likeness (QED) is 0.547. The molecule has 0 radical (unpaired) electrons. The monoisotopic (exact) mass is 188 g/mol. The number of nitrogens with two attached hydrogens (primary N) is 1. The minimum atomic E-state index is 0.158. The average Bonchev–Trinajstić information content (AvgIpc) is 2.45. The Morgan fingerprint density at radius 1 is 1.57 bits per heavy atom. The molecule has 0 aliphatic heterocycles.